The average Bonchev–Trinajstić information content (AvgIpc) is 3.22. The molecule has 23 heavy (non-hydrogen) atoms. The zero-order chi connectivity index (χ0) is 15.9. The summed E-state index contributed by atoms with van der Waals surface area (Å²) in [6.07, 6.45) is 6.09. The molecule has 1 amide bonds. The smallest absolute Gasteiger partial charge is 0.234 e. The van der Waals surface area contributed by atoms with Crippen molar-refractivity contribution >= 4 is 28.6 Å². The molecule has 1 saturated carbocycles. The van der Waals surface area contributed by atoms with Crippen molar-refractivity contribution in [3.8, 4) is 0 Å². The number of carbonyl (C=O) groups is 1. The van der Waals surface area contributed by atoms with E-state index in [1.807, 2.05) is 0 Å². The normalized spacial score (nSPS) is 15.9. The van der Waals surface area contributed by atoms with Gasteiger partial charge in [0.15, 0.2) is 0 Å². The summed E-state index contributed by atoms with van der Waals surface area (Å²) in [6, 6.07) is 8.83. The van der Waals surface area contributed by atoms with Crippen LogP contribution < -0.4 is 5.32 Å². The molecule has 0 radical (unpaired) electrons. The minimum absolute atomic E-state index is 0.171. The van der Waals surface area contributed by atoms with Crippen LogP contribution in [0, 0.1) is 0 Å². The maximum atomic E-state index is 12.4. The molecule has 2 heterocycles. The predicted molar refractivity (Wildman–Crippen MR) is 97.8 cm³/mol. The van der Waals surface area contributed by atoms with Gasteiger partial charge >= 0.3 is 0 Å². The molecule has 1 aliphatic carbocycles. The third-order valence-corrected chi connectivity index (χ3v) is 5.98. The molecule has 3 rings (SSSR count). The van der Waals surface area contributed by atoms with E-state index in [1.54, 1.807) is 22.7 Å². The van der Waals surface area contributed by atoms with E-state index in [2.05, 4.69) is 45.2 Å². The Labute approximate surface area is 146 Å². The van der Waals surface area contributed by atoms with Gasteiger partial charge in [0.25, 0.3) is 0 Å². The molecule has 3 nitrogen and oxygen atoms in total. The lowest BCUT2D eigenvalue weighted by molar-refractivity contribution is -0.123. The van der Waals surface area contributed by atoms with Crippen LogP contribution in [0.2, 0.25) is 0 Å². The van der Waals surface area contributed by atoms with E-state index >= 15 is 0 Å². The molecule has 0 saturated heterocycles. The summed E-state index contributed by atoms with van der Waals surface area (Å²) < 4.78 is 0. The van der Waals surface area contributed by atoms with Gasteiger partial charge in [-0.05, 0) is 35.7 Å². The number of nitrogens with one attached hydrogen (secondary N) is 1. The number of rotatable bonds is 7. The Kier molecular flexibility index (Phi) is 6.25. The third-order valence-electron chi connectivity index (χ3n) is 4.26. The van der Waals surface area contributed by atoms with E-state index in [-0.39, 0.29) is 5.91 Å². The predicted octanol–water partition coefficient (Wildman–Crippen LogP) is 4.26. The molecule has 2 aromatic heterocycles. The monoisotopic (exact) mass is 348 g/mol. The van der Waals surface area contributed by atoms with Gasteiger partial charge in [-0.1, -0.05) is 31.4 Å². The number of thiophene rings is 2. The Morgan fingerprint density at radius 1 is 1.04 bits per heavy atom. The molecule has 0 aliphatic heterocycles. The number of carbonyl (C=O) groups excluding carboxylic acids is 1. The fraction of sp³-hybridized carbons (Fsp3) is 0.500. The van der Waals surface area contributed by atoms with E-state index in [9.17, 15) is 4.79 Å². The zero-order valence-electron chi connectivity index (χ0n) is 13.4. The molecule has 0 aromatic carbocycles. The molecule has 124 valence electrons. The highest BCUT2D eigenvalue weighted by atomic mass is 32.1. The lowest BCUT2D eigenvalue weighted by Crippen LogP contribution is -2.42. The first kappa shape index (κ1) is 16.7. The lowest BCUT2D eigenvalue weighted by atomic mass is 9.95. The van der Waals surface area contributed by atoms with Crippen LogP contribution in [0.15, 0.2) is 35.0 Å². The van der Waals surface area contributed by atoms with Crippen molar-refractivity contribution in [2.45, 2.75) is 51.2 Å². The second kappa shape index (κ2) is 8.62. The van der Waals surface area contributed by atoms with Gasteiger partial charge in [0, 0.05) is 28.9 Å². The molecule has 1 N–H and O–H groups in total. The van der Waals surface area contributed by atoms with Crippen molar-refractivity contribution in [2.24, 2.45) is 0 Å². The van der Waals surface area contributed by atoms with Crippen molar-refractivity contribution in [2.75, 3.05) is 6.54 Å². The number of hydrogen-bond donors (Lipinski definition) is 1. The third kappa shape index (κ3) is 5.44. The van der Waals surface area contributed by atoms with Gasteiger partial charge in [-0.25, -0.2) is 0 Å². The number of amides is 1. The van der Waals surface area contributed by atoms with Crippen molar-refractivity contribution in [1.29, 1.82) is 0 Å². The molecular weight excluding hydrogens is 324 g/mol. The van der Waals surface area contributed by atoms with Gasteiger partial charge in [0.1, 0.15) is 0 Å². The van der Waals surface area contributed by atoms with Gasteiger partial charge < -0.3 is 5.32 Å². The van der Waals surface area contributed by atoms with Crippen molar-refractivity contribution in [3.05, 3.63) is 44.8 Å². The average molecular weight is 349 g/mol. The first-order valence-electron chi connectivity index (χ1n) is 8.36. The highest BCUT2D eigenvalue weighted by Crippen LogP contribution is 2.19. The van der Waals surface area contributed by atoms with Crippen molar-refractivity contribution < 1.29 is 4.79 Å². The minimum Gasteiger partial charge on any atom is -0.352 e. The molecule has 5 heteroatoms. The Morgan fingerprint density at radius 2 is 1.65 bits per heavy atom. The standard InChI is InChI=1S/C18H24N2OS2/c21-18(19-15-6-2-1-3-7-15)14-20(12-16-8-4-10-22-16)13-17-9-5-11-23-17/h4-5,8-11,15H,1-3,6-7,12-14H2,(H,19,21). The largest absolute Gasteiger partial charge is 0.352 e. The summed E-state index contributed by atoms with van der Waals surface area (Å²) in [4.78, 5) is 17.3. The molecule has 0 spiro atoms. The Morgan fingerprint density at radius 3 is 2.17 bits per heavy atom. The maximum Gasteiger partial charge on any atom is 0.234 e. The van der Waals surface area contributed by atoms with Crippen molar-refractivity contribution in [3.63, 3.8) is 0 Å². The maximum absolute atomic E-state index is 12.4. The molecule has 0 unspecified atom stereocenters. The summed E-state index contributed by atoms with van der Waals surface area (Å²) >= 11 is 3.51. The highest BCUT2D eigenvalue weighted by Gasteiger charge is 2.18. The topological polar surface area (TPSA) is 32.3 Å². The van der Waals surface area contributed by atoms with Crippen molar-refractivity contribution in [1.82, 2.24) is 10.2 Å². The molecular formula is C18H24N2OS2. The van der Waals surface area contributed by atoms with Crippen LogP contribution in [0.25, 0.3) is 0 Å². The second-order valence-corrected chi connectivity index (χ2v) is 8.27. The number of nitrogens with zero attached hydrogens (tertiary/aromatic N) is 1. The van der Waals surface area contributed by atoms with Gasteiger partial charge in [-0.3, -0.25) is 9.69 Å². The lowest BCUT2D eigenvalue weighted by Gasteiger charge is -2.25. The Hall–Kier alpha value is -1.17. The number of hydrogen-bond acceptors (Lipinski definition) is 4. The van der Waals surface area contributed by atoms with Crippen LogP contribution in [0.3, 0.4) is 0 Å². The van der Waals surface area contributed by atoms with Crippen LogP contribution in [0.1, 0.15) is 41.9 Å². The first-order chi connectivity index (χ1) is 11.3. The fourth-order valence-electron chi connectivity index (χ4n) is 3.14. The second-order valence-electron chi connectivity index (χ2n) is 6.21. The summed E-state index contributed by atoms with van der Waals surface area (Å²) in [5.74, 6) is 0.171. The Bertz CT molecular complexity index is 538. The quantitative estimate of drug-likeness (QED) is 0.811. The molecule has 1 aliphatic rings. The zero-order valence-corrected chi connectivity index (χ0v) is 15.0. The summed E-state index contributed by atoms with van der Waals surface area (Å²) in [6.45, 7) is 2.16. The Balaban J connectivity index is 1.56. The summed E-state index contributed by atoms with van der Waals surface area (Å²) in [5.41, 5.74) is 0. The van der Waals surface area contributed by atoms with Gasteiger partial charge in [0.2, 0.25) is 5.91 Å². The van der Waals surface area contributed by atoms with Gasteiger partial charge in [0.05, 0.1) is 6.54 Å². The van der Waals surface area contributed by atoms with Gasteiger partial charge in [-0.2, -0.15) is 0 Å². The van der Waals surface area contributed by atoms with E-state index in [0.717, 1.165) is 25.9 Å². The summed E-state index contributed by atoms with van der Waals surface area (Å²) in [7, 11) is 0. The first-order valence-corrected chi connectivity index (χ1v) is 10.1. The SMILES string of the molecule is O=C(CN(Cc1cccs1)Cc1cccs1)NC1CCCCC1. The molecule has 1 fully saturated rings. The summed E-state index contributed by atoms with van der Waals surface area (Å²) in [5, 5.41) is 7.43. The highest BCUT2D eigenvalue weighted by molar-refractivity contribution is 7.10. The van der Waals surface area contributed by atoms with E-state index < -0.39 is 0 Å². The van der Waals surface area contributed by atoms with E-state index in [1.165, 1.54) is 29.0 Å². The van der Waals surface area contributed by atoms with Crippen LogP contribution >= 0.6 is 22.7 Å². The van der Waals surface area contributed by atoms with Gasteiger partial charge in [-0.15, -0.1) is 22.7 Å². The molecule has 2 aromatic rings. The van der Waals surface area contributed by atoms with Crippen LogP contribution in [-0.4, -0.2) is 23.4 Å². The van der Waals surface area contributed by atoms with Crippen LogP contribution in [0.4, 0.5) is 0 Å². The van der Waals surface area contributed by atoms with Crippen LogP contribution in [-0.2, 0) is 17.9 Å². The molecule has 0 atom stereocenters. The minimum atomic E-state index is 0.171. The van der Waals surface area contributed by atoms with Crippen LogP contribution in [0.5, 0.6) is 0 Å². The van der Waals surface area contributed by atoms with E-state index in [4.69, 9.17) is 0 Å². The molecule has 0 bridgehead atoms. The fourth-order valence-corrected chi connectivity index (χ4v) is 4.63. The van der Waals surface area contributed by atoms with E-state index in [0.29, 0.717) is 12.6 Å².